The third-order valence-electron chi connectivity index (χ3n) is 5.51. The molecule has 1 N–H and O–H groups in total. The molecule has 0 radical (unpaired) electrons. The summed E-state index contributed by atoms with van der Waals surface area (Å²) in [6, 6.07) is 0.0699. The van der Waals surface area contributed by atoms with E-state index in [1.54, 1.807) is 0 Å². The molecule has 2 atom stereocenters. The Labute approximate surface area is 128 Å². The Balaban J connectivity index is 1.67. The average Bonchev–Trinajstić information content (AvgIpc) is 3.12. The second kappa shape index (κ2) is 7.10. The highest BCUT2D eigenvalue weighted by Crippen LogP contribution is 2.33. The molecule has 1 aliphatic carbocycles. The van der Waals surface area contributed by atoms with Gasteiger partial charge in [0.1, 0.15) is 0 Å². The molecule has 3 fully saturated rings. The quantitative estimate of drug-likeness (QED) is 0.847. The lowest BCUT2D eigenvalue weighted by Crippen LogP contribution is -2.45. The maximum atomic E-state index is 12.8. The van der Waals surface area contributed by atoms with Crippen LogP contribution in [0.4, 0.5) is 0 Å². The predicted octanol–water partition coefficient (Wildman–Crippen LogP) is 2.53. The summed E-state index contributed by atoms with van der Waals surface area (Å²) in [5.41, 5.74) is 0. The molecule has 4 heteroatoms. The summed E-state index contributed by atoms with van der Waals surface area (Å²) >= 11 is 0. The number of carbonyl (C=O) groups excluding carboxylic acids is 1. The van der Waals surface area contributed by atoms with Crippen molar-refractivity contribution in [3.8, 4) is 0 Å². The Bertz CT molecular complexity index is 349. The fourth-order valence-corrected chi connectivity index (χ4v) is 4.27. The molecule has 4 nitrogen and oxygen atoms in total. The molecule has 3 rings (SSSR count). The average molecular weight is 294 g/mol. The van der Waals surface area contributed by atoms with E-state index >= 15 is 0 Å². The van der Waals surface area contributed by atoms with Crippen molar-refractivity contribution in [1.29, 1.82) is 0 Å². The van der Waals surface area contributed by atoms with Gasteiger partial charge in [0.2, 0.25) is 5.91 Å². The van der Waals surface area contributed by atoms with Gasteiger partial charge in [-0.15, -0.1) is 0 Å². The van der Waals surface area contributed by atoms with Crippen LogP contribution in [-0.4, -0.2) is 42.8 Å². The molecular weight excluding hydrogens is 264 g/mol. The lowest BCUT2D eigenvalue weighted by atomic mass is 9.97. The Morgan fingerprint density at radius 1 is 1.19 bits per heavy atom. The van der Waals surface area contributed by atoms with Gasteiger partial charge in [-0.05, 0) is 43.9 Å². The minimum absolute atomic E-state index is 0.0699. The highest BCUT2D eigenvalue weighted by Gasteiger charge is 2.43. The molecule has 0 aromatic rings. The topological polar surface area (TPSA) is 41.6 Å². The zero-order valence-electron chi connectivity index (χ0n) is 13.4. The van der Waals surface area contributed by atoms with E-state index < -0.39 is 0 Å². The minimum Gasteiger partial charge on any atom is -0.381 e. The van der Waals surface area contributed by atoms with Gasteiger partial charge in [0.05, 0.1) is 12.2 Å². The van der Waals surface area contributed by atoms with Crippen LogP contribution in [0.2, 0.25) is 0 Å². The second-order valence-electron chi connectivity index (χ2n) is 7.04. The first-order chi connectivity index (χ1) is 10.3. The molecular formula is C17H30N2O2. The second-order valence-corrected chi connectivity index (χ2v) is 7.04. The van der Waals surface area contributed by atoms with E-state index in [1.165, 1.54) is 25.7 Å². The summed E-state index contributed by atoms with van der Waals surface area (Å²) in [5.74, 6) is 1.67. The van der Waals surface area contributed by atoms with Crippen molar-refractivity contribution >= 4 is 5.91 Å². The van der Waals surface area contributed by atoms with Gasteiger partial charge < -0.3 is 9.64 Å². The smallest absolute Gasteiger partial charge is 0.241 e. The first-order valence-corrected chi connectivity index (χ1v) is 8.94. The van der Waals surface area contributed by atoms with E-state index in [4.69, 9.17) is 4.74 Å². The normalized spacial score (nSPS) is 32.2. The van der Waals surface area contributed by atoms with Crippen molar-refractivity contribution in [3.63, 3.8) is 0 Å². The Hall–Kier alpha value is -0.610. The van der Waals surface area contributed by atoms with Gasteiger partial charge in [-0.25, -0.2) is 0 Å². The summed E-state index contributed by atoms with van der Waals surface area (Å²) in [6.45, 7) is 4.84. The first kappa shape index (κ1) is 15.3. The van der Waals surface area contributed by atoms with Gasteiger partial charge in [0.25, 0.3) is 0 Å². The fraction of sp³-hybridized carbons (Fsp3) is 0.941. The minimum atomic E-state index is 0.0699. The van der Waals surface area contributed by atoms with Gasteiger partial charge in [0, 0.05) is 19.8 Å². The van der Waals surface area contributed by atoms with Crippen LogP contribution < -0.4 is 5.32 Å². The van der Waals surface area contributed by atoms with Gasteiger partial charge in [-0.3, -0.25) is 10.1 Å². The largest absolute Gasteiger partial charge is 0.381 e. The molecule has 3 aliphatic rings. The number of ether oxygens (including phenoxy) is 1. The molecule has 21 heavy (non-hydrogen) atoms. The molecule has 0 bridgehead atoms. The summed E-state index contributed by atoms with van der Waals surface area (Å²) in [5, 5.41) is 3.67. The van der Waals surface area contributed by atoms with Crippen LogP contribution >= 0.6 is 0 Å². The lowest BCUT2D eigenvalue weighted by molar-refractivity contribution is -0.131. The van der Waals surface area contributed by atoms with Crippen molar-refractivity contribution in [2.45, 2.75) is 70.5 Å². The fourth-order valence-electron chi connectivity index (χ4n) is 4.27. The molecule has 1 amide bonds. The van der Waals surface area contributed by atoms with Crippen LogP contribution in [0.5, 0.6) is 0 Å². The highest BCUT2D eigenvalue weighted by atomic mass is 16.5. The predicted molar refractivity (Wildman–Crippen MR) is 82.8 cm³/mol. The van der Waals surface area contributed by atoms with Crippen LogP contribution in [0, 0.1) is 11.8 Å². The van der Waals surface area contributed by atoms with E-state index in [9.17, 15) is 4.79 Å². The van der Waals surface area contributed by atoms with E-state index in [0.717, 1.165) is 45.4 Å². The van der Waals surface area contributed by atoms with Crippen LogP contribution in [0.25, 0.3) is 0 Å². The van der Waals surface area contributed by atoms with Gasteiger partial charge in [-0.2, -0.15) is 0 Å². The zero-order valence-corrected chi connectivity index (χ0v) is 13.4. The first-order valence-electron chi connectivity index (χ1n) is 8.94. The zero-order chi connectivity index (χ0) is 14.7. The number of hydrogen-bond acceptors (Lipinski definition) is 3. The molecule has 0 spiro atoms. The van der Waals surface area contributed by atoms with Crippen molar-refractivity contribution in [2.24, 2.45) is 11.8 Å². The van der Waals surface area contributed by atoms with Crippen molar-refractivity contribution in [1.82, 2.24) is 10.2 Å². The third kappa shape index (κ3) is 3.42. The van der Waals surface area contributed by atoms with E-state index in [0.29, 0.717) is 23.9 Å². The standard InChI is InChI=1S/C17H30N2O2/c1-2-5-15-17(20)19(12-13-8-10-21-11-9-13)16(18-15)14-6-3-4-7-14/h13-16,18H,2-12H2,1H3. The molecule has 2 aliphatic heterocycles. The molecule has 2 unspecified atom stereocenters. The number of hydrogen-bond donors (Lipinski definition) is 1. The highest BCUT2D eigenvalue weighted by molar-refractivity contribution is 5.84. The maximum Gasteiger partial charge on any atom is 0.241 e. The summed E-state index contributed by atoms with van der Waals surface area (Å²) in [6.07, 6.45) is 9.82. The van der Waals surface area contributed by atoms with Crippen LogP contribution in [0.15, 0.2) is 0 Å². The van der Waals surface area contributed by atoms with Crippen molar-refractivity contribution < 1.29 is 9.53 Å². The molecule has 0 aromatic carbocycles. The number of nitrogens with one attached hydrogen (secondary N) is 1. The number of nitrogens with zero attached hydrogens (tertiary/aromatic N) is 1. The molecule has 1 saturated carbocycles. The number of amides is 1. The van der Waals surface area contributed by atoms with Crippen LogP contribution in [0.3, 0.4) is 0 Å². The Morgan fingerprint density at radius 3 is 2.57 bits per heavy atom. The molecule has 2 saturated heterocycles. The summed E-state index contributed by atoms with van der Waals surface area (Å²) in [4.78, 5) is 15.0. The number of rotatable bonds is 5. The monoisotopic (exact) mass is 294 g/mol. The van der Waals surface area contributed by atoms with Crippen molar-refractivity contribution in [2.75, 3.05) is 19.8 Å². The SMILES string of the molecule is CCCC1NC(C2CCCC2)N(CC2CCOCC2)C1=O. The Morgan fingerprint density at radius 2 is 1.90 bits per heavy atom. The molecule has 120 valence electrons. The lowest BCUT2D eigenvalue weighted by Gasteiger charge is -2.33. The van der Waals surface area contributed by atoms with Crippen molar-refractivity contribution in [3.05, 3.63) is 0 Å². The van der Waals surface area contributed by atoms with E-state index in [2.05, 4.69) is 17.1 Å². The third-order valence-corrected chi connectivity index (χ3v) is 5.51. The molecule has 0 aromatic heterocycles. The van der Waals surface area contributed by atoms with E-state index in [-0.39, 0.29) is 6.04 Å². The van der Waals surface area contributed by atoms with Crippen LogP contribution in [-0.2, 0) is 9.53 Å². The van der Waals surface area contributed by atoms with Gasteiger partial charge in [0.15, 0.2) is 0 Å². The Kier molecular flexibility index (Phi) is 5.17. The van der Waals surface area contributed by atoms with Crippen LogP contribution in [0.1, 0.15) is 58.3 Å². The summed E-state index contributed by atoms with van der Waals surface area (Å²) < 4.78 is 5.46. The van der Waals surface area contributed by atoms with E-state index in [1.807, 2.05) is 0 Å². The molecule has 2 heterocycles. The van der Waals surface area contributed by atoms with Gasteiger partial charge >= 0.3 is 0 Å². The number of carbonyl (C=O) groups is 1. The van der Waals surface area contributed by atoms with Gasteiger partial charge in [-0.1, -0.05) is 26.2 Å². The summed E-state index contributed by atoms with van der Waals surface area (Å²) in [7, 11) is 0. The maximum absolute atomic E-state index is 12.8.